The van der Waals surface area contributed by atoms with E-state index in [2.05, 4.69) is 162 Å². The number of nitrogen functional groups attached to an aromatic ring is 1. The molecule has 6 heteroatoms. The van der Waals surface area contributed by atoms with Gasteiger partial charge in [0.2, 0.25) is 0 Å². The number of aryl methyl sites for hydroxylation is 4. The van der Waals surface area contributed by atoms with Gasteiger partial charge in [0, 0.05) is 50.3 Å². The number of nitrogens with one attached hydrogen (secondary N) is 3. The molecule has 2 aliphatic rings. The first-order chi connectivity index (χ1) is 33.3. The highest BCUT2D eigenvalue weighted by atomic mass is 79.9. The first-order valence-corrected chi connectivity index (χ1v) is 27.2. The van der Waals surface area contributed by atoms with E-state index in [0.717, 1.165) is 87.4 Å². The number of aliphatic imine (C=N–C) groups is 1. The molecule has 0 fully saturated rings. The van der Waals surface area contributed by atoms with E-state index in [0.29, 0.717) is 0 Å². The number of hydrogen-bond acceptors (Lipinski definition) is 2. The molecule has 68 heavy (non-hydrogen) atoms. The molecule has 0 saturated heterocycles. The number of aromatic amines is 3. The van der Waals surface area contributed by atoms with Crippen molar-refractivity contribution in [1.82, 2.24) is 15.0 Å². The van der Waals surface area contributed by atoms with Crippen LogP contribution in [0.4, 0.5) is 5.69 Å². The van der Waals surface area contributed by atoms with Gasteiger partial charge >= 0.3 is 0 Å². The van der Waals surface area contributed by atoms with Gasteiger partial charge in [-0.2, -0.15) is 0 Å². The van der Waals surface area contributed by atoms with Crippen LogP contribution < -0.4 is 16.4 Å². The van der Waals surface area contributed by atoms with Crippen LogP contribution in [0.5, 0.6) is 0 Å². The second-order valence-electron chi connectivity index (χ2n) is 19.6. The number of fused-ring (bicyclic) bond motifs is 7. The number of anilines is 1. The van der Waals surface area contributed by atoms with Crippen LogP contribution in [0.3, 0.4) is 0 Å². The summed E-state index contributed by atoms with van der Waals surface area (Å²) >= 11 is 4.61. The lowest BCUT2D eigenvalue weighted by Crippen LogP contribution is -2.24. The zero-order chi connectivity index (χ0) is 47.3. The van der Waals surface area contributed by atoms with Gasteiger partial charge in [-0.1, -0.05) is 169 Å². The topological polar surface area (TPSA) is 85.8 Å². The van der Waals surface area contributed by atoms with Crippen molar-refractivity contribution in [3.05, 3.63) is 187 Å². The zero-order valence-corrected chi connectivity index (χ0v) is 43.1. The predicted octanol–water partition coefficient (Wildman–Crippen LogP) is 15.2. The zero-order valence-electron chi connectivity index (χ0n) is 41.5. The summed E-state index contributed by atoms with van der Waals surface area (Å²) in [7, 11) is 0. The van der Waals surface area contributed by atoms with Gasteiger partial charge in [0.25, 0.3) is 0 Å². The van der Waals surface area contributed by atoms with Gasteiger partial charge in [-0.25, -0.2) is 4.99 Å². The SMILES string of the molecule is CCCCCCc1cc(CCCCCC)cc(C2=c3ccc([nH]3)=CC3=N/C(=C(/c4ccc(N)cc4)c4ccc([nH]4)C(Br)(c4cc(CCCCCC)cc(CCCCCC)c4)c4ccc2[nH]4)C=C3)c1. The third-order valence-corrected chi connectivity index (χ3v) is 15.4. The summed E-state index contributed by atoms with van der Waals surface area (Å²) in [4.78, 5) is 17.3. The lowest BCUT2D eigenvalue weighted by molar-refractivity contribution is 0.659. The van der Waals surface area contributed by atoms with Crippen molar-refractivity contribution in [1.29, 1.82) is 0 Å². The molecule has 0 amide bonds. The molecule has 5 heterocycles. The van der Waals surface area contributed by atoms with Crippen LogP contribution in [0.15, 0.2) is 120 Å². The summed E-state index contributed by atoms with van der Waals surface area (Å²) in [6.07, 6.45) is 30.7. The quantitative estimate of drug-likeness (QED) is 0.0288. The second-order valence-corrected chi connectivity index (χ2v) is 20.8. The molecule has 5 nitrogen and oxygen atoms in total. The van der Waals surface area contributed by atoms with E-state index < -0.39 is 4.32 Å². The maximum absolute atomic E-state index is 6.26. The molecule has 0 spiro atoms. The first kappa shape index (κ1) is 49.1. The van der Waals surface area contributed by atoms with Gasteiger partial charge in [0.05, 0.1) is 11.4 Å². The highest BCUT2D eigenvalue weighted by Crippen LogP contribution is 2.46. The Balaban J connectivity index is 1.36. The fraction of sp³-hybridized carbons (Fsp3) is 0.403. The Bertz CT molecular complexity index is 2760. The number of rotatable bonds is 23. The lowest BCUT2D eigenvalue weighted by Gasteiger charge is -2.28. The summed E-state index contributed by atoms with van der Waals surface area (Å²) in [5, 5.41) is 2.10. The minimum Gasteiger partial charge on any atom is -0.399 e. The summed E-state index contributed by atoms with van der Waals surface area (Å²) in [5.74, 6) is 0. The normalized spacial score (nSPS) is 16.7. The highest BCUT2D eigenvalue weighted by Gasteiger charge is 2.38. The van der Waals surface area contributed by atoms with Crippen LogP contribution in [-0.4, -0.2) is 20.7 Å². The van der Waals surface area contributed by atoms with Crippen molar-refractivity contribution < 1.29 is 0 Å². The van der Waals surface area contributed by atoms with E-state index in [1.54, 1.807) is 0 Å². The fourth-order valence-electron chi connectivity index (χ4n) is 10.4. The van der Waals surface area contributed by atoms with E-state index in [-0.39, 0.29) is 0 Å². The number of alkyl halides is 1. The van der Waals surface area contributed by atoms with Gasteiger partial charge in [0.1, 0.15) is 4.32 Å². The fourth-order valence-corrected chi connectivity index (χ4v) is 11.0. The van der Waals surface area contributed by atoms with E-state index in [1.807, 2.05) is 12.1 Å². The molecule has 1 atom stereocenters. The molecular formula is C62H76BrN5. The van der Waals surface area contributed by atoms with Crippen molar-refractivity contribution in [2.24, 2.45) is 4.99 Å². The van der Waals surface area contributed by atoms with Crippen LogP contribution in [0.1, 0.15) is 192 Å². The Labute approximate surface area is 415 Å². The molecule has 3 aromatic heterocycles. The number of H-pyrrole nitrogens is 3. The smallest absolute Gasteiger partial charge is 0.130 e. The molecule has 8 bridgehead atoms. The van der Waals surface area contributed by atoms with E-state index >= 15 is 0 Å². The lowest BCUT2D eigenvalue weighted by atomic mass is 9.88. The standard InChI is InChI=1S/C62H76BrN5/c1-5-9-13-17-21-44-37-45(22-18-14-10-6-2)40-49(39-44)61-55-32-30-53(66-55)43-52-29-31-54(65-52)60(48-25-27-51(64)28-26-48)56-33-35-58(67-56)62(63,59-36-34-57(61)68-59)50-41-46(23-19-15-11-7-3)38-47(42-50)24-20-16-12-8-4/h25-43,66-68H,5-24,64H2,1-4H3/b53-43?,60-54-,61-55?. The second kappa shape index (κ2) is 23.8. The monoisotopic (exact) mass is 970 g/mol. The first-order valence-electron chi connectivity index (χ1n) is 26.4. The number of unbranched alkanes of at least 4 members (excludes halogenated alkanes) is 12. The van der Waals surface area contributed by atoms with Crippen molar-refractivity contribution >= 4 is 44.6 Å². The summed E-state index contributed by atoms with van der Waals surface area (Å²) in [5.41, 5.74) is 24.5. The largest absolute Gasteiger partial charge is 0.399 e. The van der Waals surface area contributed by atoms with Gasteiger partial charge in [0.15, 0.2) is 0 Å². The maximum atomic E-state index is 6.26. The summed E-state index contributed by atoms with van der Waals surface area (Å²) in [6.45, 7) is 9.20. The predicted molar refractivity (Wildman–Crippen MR) is 294 cm³/mol. The highest BCUT2D eigenvalue weighted by molar-refractivity contribution is 9.10. The Morgan fingerprint density at radius 1 is 0.485 bits per heavy atom. The van der Waals surface area contributed by atoms with Crippen molar-refractivity contribution in [2.75, 3.05) is 5.73 Å². The van der Waals surface area contributed by atoms with E-state index in [1.165, 1.54) is 142 Å². The number of benzene rings is 3. The number of nitrogens with zero attached hydrogens (tertiary/aromatic N) is 1. The van der Waals surface area contributed by atoms with Crippen LogP contribution >= 0.6 is 15.9 Å². The van der Waals surface area contributed by atoms with Crippen molar-refractivity contribution in [3.8, 4) is 0 Å². The molecule has 1 unspecified atom stereocenters. The molecule has 8 rings (SSSR count). The Morgan fingerprint density at radius 3 is 1.50 bits per heavy atom. The molecule has 0 saturated carbocycles. The number of aromatic nitrogens is 3. The molecular weight excluding hydrogens is 895 g/mol. The van der Waals surface area contributed by atoms with Gasteiger partial charge < -0.3 is 20.7 Å². The Hall–Kier alpha value is -5.33. The molecule has 0 aliphatic carbocycles. The molecule has 6 aromatic rings. The molecule has 3 aromatic carbocycles. The van der Waals surface area contributed by atoms with Crippen LogP contribution in [0.2, 0.25) is 0 Å². The number of nitrogens with two attached hydrogens (primary N) is 1. The minimum atomic E-state index is -0.736. The number of halogens is 1. The Kier molecular flexibility index (Phi) is 17.2. The third-order valence-electron chi connectivity index (χ3n) is 14.1. The number of hydrogen-bond donors (Lipinski definition) is 4. The van der Waals surface area contributed by atoms with Gasteiger partial charge in [-0.3, -0.25) is 0 Å². The molecule has 5 N–H and O–H groups in total. The van der Waals surface area contributed by atoms with Gasteiger partial charge in [-0.05, 0) is 157 Å². The Morgan fingerprint density at radius 2 is 0.985 bits per heavy atom. The summed E-state index contributed by atoms with van der Waals surface area (Å²) in [6, 6.07) is 36.7. The molecule has 0 radical (unpaired) electrons. The van der Waals surface area contributed by atoms with Crippen LogP contribution in [-0.2, 0) is 30.0 Å². The van der Waals surface area contributed by atoms with E-state index in [9.17, 15) is 0 Å². The van der Waals surface area contributed by atoms with Gasteiger partial charge in [-0.15, -0.1) is 0 Å². The van der Waals surface area contributed by atoms with E-state index in [4.69, 9.17) is 10.7 Å². The maximum Gasteiger partial charge on any atom is 0.130 e. The number of allylic oxidation sites excluding steroid dienone is 2. The molecule has 356 valence electrons. The van der Waals surface area contributed by atoms with Crippen molar-refractivity contribution in [3.63, 3.8) is 0 Å². The van der Waals surface area contributed by atoms with Crippen LogP contribution in [0, 0.1) is 0 Å². The average Bonchev–Trinajstić information content (AvgIpc) is 4.20. The average molecular weight is 971 g/mol. The van der Waals surface area contributed by atoms with Crippen LogP contribution in [0.25, 0.3) is 17.2 Å². The molecule has 2 aliphatic heterocycles. The van der Waals surface area contributed by atoms with Crippen molar-refractivity contribution in [2.45, 2.75) is 160 Å². The minimum absolute atomic E-state index is 0.736. The summed E-state index contributed by atoms with van der Waals surface area (Å²) < 4.78 is -0.736. The third kappa shape index (κ3) is 11.9.